The van der Waals surface area contributed by atoms with E-state index in [-0.39, 0.29) is 5.91 Å². The zero-order valence-corrected chi connectivity index (χ0v) is 15.5. The van der Waals surface area contributed by atoms with Gasteiger partial charge in [0.2, 0.25) is 0 Å². The first-order valence-corrected chi connectivity index (χ1v) is 9.00. The number of fused-ring (bicyclic) bond motifs is 1. The molecule has 6 nitrogen and oxygen atoms in total. The quantitative estimate of drug-likeness (QED) is 0.734. The second-order valence-corrected chi connectivity index (χ2v) is 6.70. The van der Waals surface area contributed by atoms with E-state index < -0.39 is 0 Å². The monoisotopic (exact) mass is 383 g/mol. The molecule has 0 aliphatic carbocycles. The molecular weight excluding hydrogens is 366 g/mol. The van der Waals surface area contributed by atoms with E-state index >= 15 is 0 Å². The molecule has 1 N–H and O–H groups in total. The van der Waals surface area contributed by atoms with Crippen molar-refractivity contribution in [1.29, 1.82) is 0 Å². The van der Waals surface area contributed by atoms with Gasteiger partial charge in [0.05, 0.1) is 35.8 Å². The Morgan fingerprint density at radius 1 is 1.15 bits per heavy atom. The van der Waals surface area contributed by atoms with E-state index in [1.807, 2.05) is 25.3 Å². The maximum Gasteiger partial charge on any atom is 0.255 e. The highest BCUT2D eigenvalue weighted by Gasteiger charge is 2.16. The number of hydrogen-bond donors (Lipinski definition) is 1. The van der Waals surface area contributed by atoms with Crippen LogP contribution < -0.4 is 14.8 Å². The summed E-state index contributed by atoms with van der Waals surface area (Å²) in [5.74, 6) is 0.917. The van der Waals surface area contributed by atoms with Crippen LogP contribution in [0.3, 0.4) is 0 Å². The Bertz CT molecular complexity index is 983. The zero-order valence-electron chi connectivity index (χ0n) is 14.7. The normalized spacial score (nSPS) is 13.1. The molecule has 2 heterocycles. The molecule has 0 bridgehead atoms. The molecule has 1 aliphatic rings. The van der Waals surface area contributed by atoms with Gasteiger partial charge >= 0.3 is 0 Å². The molecule has 0 saturated carbocycles. The first-order valence-electron chi connectivity index (χ1n) is 8.62. The van der Waals surface area contributed by atoms with Crippen molar-refractivity contribution in [2.24, 2.45) is 0 Å². The summed E-state index contributed by atoms with van der Waals surface area (Å²) in [6.07, 6.45) is 4.51. The van der Waals surface area contributed by atoms with Gasteiger partial charge in [-0.3, -0.25) is 4.79 Å². The van der Waals surface area contributed by atoms with Crippen molar-refractivity contribution in [3.05, 3.63) is 64.9 Å². The number of rotatable bonds is 3. The van der Waals surface area contributed by atoms with Gasteiger partial charge < -0.3 is 14.8 Å². The van der Waals surface area contributed by atoms with Crippen molar-refractivity contribution < 1.29 is 14.3 Å². The Labute approximate surface area is 161 Å². The van der Waals surface area contributed by atoms with E-state index in [0.29, 0.717) is 41.0 Å². The smallest absolute Gasteiger partial charge is 0.255 e. The summed E-state index contributed by atoms with van der Waals surface area (Å²) in [4.78, 5) is 12.6. The molecule has 1 amide bonds. The fraction of sp³-hybridized carbons (Fsp3) is 0.200. The van der Waals surface area contributed by atoms with Gasteiger partial charge in [0.1, 0.15) is 0 Å². The van der Waals surface area contributed by atoms with Crippen molar-refractivity contribution in [3.8, 4) is 17.2 Å². The van der Waals surface area contributed by atoms with Crippen molar-refractivity contribution in [3.63, 3.8) is 0 Å². The predicted octanol–water partition coefficient (Wildman–Crippen LogP) is 4.25. The maximum absolute atomic E-state index is 12.6. The highest BCUT2D eigenvalue weighted by atomic mass is 35.5. The highest BCUT2D eigenvalue weighted by molar-refractivity contribution is 6.34. The SMILES string of the molecule is Cc1cnn(-c2ccc(C(=O)Nc3cc4c(cc3Cl)OCCCO4)cc2)c1. The van der Waals surface area contributed by atoms with Crippen molar-refractivity contribution >= 4 is 23.2 Å². The number of nitrogens with zero attached hydrogens (tertiary/aromatic N) is 2. The predicted molar refractivity (Wildman–Crippen MR) is 103 cm³/mol. The minimum Gasteiger partial charge on any atom is -0.490 e. The van der Waals surface area contributed by atoms with Gasteiger partial charge in [0.15, 0.2) is 11.5 Å². The van der Waals surface area contributed by atoms with E-state index in [1.54, 1.807) is 35.1 Å². The van der Waals surface area contributed by atoms with Crippen LogP contribution in [0.2, 0.25) is 5.02 Å². The van der Waals surface area contributed by atoms with Crippen molar-refractivity contribution in [1.82, 2.24) is 9.78 Å². The molecule has 1 aromatic heterocycles. The van der Waals surface area contributed by atoms with Gasteiger partial charge in [-0.05, 0) is 36.8 Å². The highest BCUT2D eigenvalue weighted by Crippen LogP contribution is 2.37. The minimum absolute atomic E-state index is 0.255. The Kier molecular flexibility index (Phi) is 4.73. The van der Waals surface area contributed by atoms with Crippen LogP contribution in [0.4, 0.5) is 5.69 Å². The molecule has 0 spiro atoms. The average Bonchev–Trinajstić information content (AvgIpc) is 2.98. The fourth-order valence-corrected chi connectivity index (χ4v) is 2.99. The van der Waals surface area contributed by atoms with Gasteiger partial charge in [0.25, 0.3) is 5.91 Å². The van der Waals surface area contributed by atoms with Gasteiger partial charge in [-0.25, -0.2) is 4.68 Å². The van der Waals surface area contributed by atoms with Crippen LogP contribution in [0.1, 0.15) is 22.3 Å². The largest absolute Gasteiger partial charge is 0.490 e. The summed E-state index contributed by atoms with van der Waals surface area (Å²) in [6.45, 7) is 3.12. The number of amides is 1. The molecule has 0 radical (unpaired) electrons. The van der Waals surface area contributed by atoms with Gasteiger partial charge in [-0.15, -0.1) is 0 Å². The topological polar surface area (TPSA) is 65.4 Å². The molecule has 0 atom stereocenters. The molecule has 0 saturated heterocycles. The lowest BCUT2D eigenvalue weighted by molar-refractivity contribution is 0.102. The molecule has 0 fully saturated rings. The molecule has 138 valence electrons. The maximum atomic E-state index is 12.6. The summed E-state index contributed by atoms with van der Waals surface area (Å²) in [6, 6.07) is 10.5. The standard InChI is InChI=1S/C20H18ClN3O3/c1-13-11-22-24(12-13)15-5-3-14(4-6-15)20(25)23-17-10-19-18(9-16(17)21)26-7-2-8-27-19/h3-6,9-12H,2,7-8H2,1H3,(H,23,25). The molecule has 4 rings (SSSR count). The number of carbonyl (C=O) groups is 1. The Hall–Kier alpha value is -2.99. The number of benzene rings is 2. The number of halogens is 1. The van der Waals surface area contributed by atoms with Crippen LogP contribution in [-0.2, 0) is 0 Å². The summed E-state index contributed by atoms with van der Waals surface area (Å²) in [5, 5.41) is 7.49. The van der Waals surface area contributed by atoms with Crippen LogP contribution in [0.25, 0.3) is 5.69 Å². The number of anilines is 1. The summed E-state index contributed by atoms with van der Waals surface area (Å²) >= 11 is 6.29. The van der Waals surface area contributed by atoms with Crippen LogP contribution in [0, 0.1) is 6.92 Å². The van der Waals surface area contributed by atoms with Crippen LogP contribution in [-0.4, -0.2) is 28.9 Å². The van der Waals surface area contributed by atoms with E-state index in [4.69, 9.17) is 21.1 Å². The lowest BCUT2D eigenvalue weighted by Crippen LogP contribution is -2.12. The van der Waals surface area contributed by atoms with Crippen molar-refractivity contribution in [2.45, 2.75) is 13.3 Å². The third kappa shape index (κ3) is 3.75. The third-order valence-electron chi connectivity index (χ3n) is 4.19. The number of aromatic nitrogens is 2. The molecule has 27 heavy (non-hydrogen) atoms. The summed E-state index contributed by atoms with van der Waals surface area (Å²) in [5.41, 5.74) is 2.96. The zero-order chi connectivity index (χ0) is 18.8. The molecular formula is C20H18ClN3O3. The van der Waals surface area contributed by atoms with Gasteiger partial charge in [-0.1, -0.05) is 11.6 Å². The van der Waals surface area contributed by atoms with Gasteiger partial charge in [-0.2, -0.15) is 5.10 Å². The summed E-state index contributed by atoms with van der Waals surface area (Å²) in [7, 11) is 0. The Morgan fingerprint density at radius 3 is 2.52 bits per heavy atom. The van der Waals surface area contributed by atoms with Crippen LogP contribution in [0.15, 0.2) is 48.8 Å². The number of ether oxygens (including phenoxy) is 2. The molecule has 7 heteroatoms. The van der Waals surface area contributed by atoms with Crippen LogP contribution in [0.5, 0.6) is 11.5 Å². The third-order valence-corrected chi connectivity index (χ3v) is 4.50. The lowest BCUT2D eigenvalue weighted by atomic mass is 10.2. The number of nitrogens with one attached hydrogen (secondary N) is 1. The molecule has 2 aromatic carbocycles. The lowest BCUT2D eigenvalue weighted by Gasteiger charge is -2.12. The number of hydrogen-bond acceptors (Lipinski definition) is 4. The Morgan fingerprint density at radius 2 is 1.85 bits per heavy atom. The second-order valence-electron chi connectivity index (χ2n) is 6.29. The average molecular weight is 384 g/mol. The van der Waals surface area contributed by atoms with Crippen LogP contribution >= 0.6 is 11.6 Å². The second kappa shape index (κ2) is 7.32. The number of aryl methyl sites for hydroxylation is 1. The minimum atomic E-state index is -0.255. The van der Waals surface area contributed by atoms with Gasteiger partial charge in [0, 0.05) is 30.3 Å². The van der Waals surface area contributed by atoms with E-state index in [0.717, 1.165) is 17.7 Å². The summed E-state index contributed by atoms with van der Waals surface area (Å²) < 4.78 is 13.0. The molecule has 3 aromatic rings. The van der Waals surface area contributed by atoms with E-state index in [2.05, 4.69) is 10.4 Å². The first-order chi connectivity index (χ1) is 13.1. The molecule has 0 unspecified atom stereocenters. The molecule has 1 aliphatic heterocycles. The first kappa shape index (κ1) is 17.4. The van der Waals surface area contributed by atoms with Crippen molar-refractivity contribution in [2.75, 3.05) is 18.5 Å². The van der Waals surface area contributed by atoms with E-state index in [1.165, 1.54) is 0 Å². The number of carbonyl (C=O) groups excluding carboxylic acids is 1. The fourth-order valence-electron chi connectivity index (χ4n) is 2.79. The Balaban J connectivity index is 1.53. The van der Waals surface area contributed by atoms with E-state index in [9.17, 15) is 4.79 Å².